The van der Waals surface area contributed by atoms with Gasteiger partial charge < -0.3 is 16.0 Å². The maximum atomic E-state index is 13.3. The van der Waals surface area contributed by atoms with Gasteiger partial charge in [-0.15, -0.1) is 0 Å². The zero-order valence-corrected chi connectivity index (χ0v) is 16.7. The van der Waals surface area contributed by atoms with Crippen molar-refractivity contribution in [2.45, 2.75) is 38.9 Å². The summed E-state index contributed by atoms with van der Waals surface area (Å²) in [6.07, 6.45) is -4.61. The van der Waals surface area contributed by atoms with Crippen LogP contribution in [0, 0.1) is 0 Å². The van der Waals surface area contributed by atoms with Gasteiger partial charge in [-0.25, -0.2) is 4.79 Å². The van der Waals surface area contributed by atoms with Crippen molar-refractivity contribution in [2.75, 3.05) is 5.32 Å². The first-order valence-corrected chi connectivity index (χ1v) is 9.43. The highest BCUT2D eigenvalue weighted by Crippen LogP contribution is 2.35. The summed E-state index contributed by atoms with van der Waals surface area (Å²) in [5.41, 5.74) is 0.874. The second-order valence-electron chi connectivity index (χ2n) is 7.39. The Labute approximate surface area is 172 Å². The van der Waals surface area contributed by atoms with Crippen molar-refractivity contribution >= 4 is 17.6 Å². The van der Waals surface area contributed by atoms with Gasteiger partial charge >= 0.3 is 12.2 Å². The van der Waals surface area contributed by atoms with Gasteiger partial charge in [-0.1, -0.05) is 50.2 Å². The number of urea groups is 1. The molecule has 30 heavy (non-hydrogen) atoms. The topological polar surface area (TPSA) is 70.2 Å². The van der Waals surface area contributed by atoms with Crippen LogP contribution in [0.3, 0.4) is 0 Å². The number of halogens is 3. The molecule has 1 aliphatic rings. The van der Waals surface area contributed by atoms with E-state index in [1.165, 1.54) is 18.2 Å². The summed E-state index contributed by atoms with van der Waals surface area (Å²) < 4.78 is 39.8. The summed E-state index contributed by atoms with van der Waals surface area (Å²) >= 11 is 0. The van der Waals surface area contributed by atoms with E-state index in [0.29, 0.717) is 11.5 Å². The summed E-state index contributed by atoms with van der Waals surface area (Å²) in [6.45, 7) is 5.63. The molecule has 1 heterocycles. The first kappa shape index (κ1) is 21.4. The number of nitrogens with one attached hydrogen (secondary N) is 3. The van der Waals surface area contributed by atoms with E-state index >= 15 is 0 Å². The number of para-hydroxylation sites is 1. The lowest BCUT2D eigenvalue weighted by atomic mass is 9.92. The van der Waals surface area contributed by atoms with E-state index in [-0.39, 0.29) is 17.0 Å². The number of alkyl halides is 3. The van der Waals surface area contributed by atoms with Crippen LogP contribution >= 0.6 is 0 Å². The third kappa shape index (κ3) is 4.48. The molecular formula is C22H22F3N3O2. The molecule has 0 aliphatic carbocycles. The van der Waals surface area contributed by atoms with E-state index in [1.807, 2.05) is 26.0 Å². The fourth-order valence-corrected chi connectivity index (χ4v) is 3.35. The predicted molar refractivity (Wildman–Crippen MR) is 108 cm³/mol. The molecule has 0 aromatic heterocycles. The Balaban J connectivity index is 1.96. The monoisotopic (exact) mass is 417 g/mol. The molecule has 0 spiro atoms. The summed E-state index contributed by atoms with van der Waals surface area (Å²) in [5, 5.41) is 7.55. The lowest BCUT2D eigenvalue weighted by Gasteiger charge is -2.29. The van der Waals surface area contributed by atoms with Gasteiger partial charge in [-0.05, 0) is 36.1 Å². The van der Waals surface area contributed by atoms with Crippen LogP contribution in [0.1, 0.15) is 49.4 Å². The molecular weight excluding hydrogens is 395 g/mol. The van der Waals surface area contributed by atoms with Crippen LogP contribution in [0.4, 0.5) is 23.7 Å². The minimum Gasteiger partial charge on any atom is -0.327 e. The summed E-state index contributed by atoms with van der Waals surface area (Å²) in [5.74, 6) is -0.421. The SMILES string of the molecule is CC1=C(C(=O)Nc2ccccc2C(F)(F)F)C(c2ccc(C(C)C)cc2)NC(=O)N1. The second kappa shape index (κ2) is 8.22. The average molecular weight is 417 g/mol. The molecule has 3 N–H and O–H groups in total. The standard InChI is InChI=1S/C22H22F3N3O2/c1-12(2)14-8-10-15(11-9-14)19-18(13(3)26-21(30)28-19)20(29)27-17-7-5-4-6-16(17)22(23,24)25/h4-12,19H,1-3H3,(H,27,29)(H2,26,28,30). The molecule has 0 bridgehead atoms. The highest BCUT2D eigenvalue weighted by Gasteiger charge is 2.35. The predicted octanol–water partition coefficient (Wildman–Crippen LogP) is 5.10. The Bertz CT molecular complexity index is 995. The molecule has 3 amide bonds. The number of hydrogen-bond acceptors (Lipinski definition) is 2. The molecule has 0 saturated carbocycles. The Hall–Kier alpha value is -3.29. The number of amides is 3. The zero-order valence-electron chi connectivity index (χ0n) is 16.7. The molecule has 1 atom stereocenters. The smallest absolute Gasteiger partial charge is 0.327 e. The van der Waals surface area contributed by atoms with Gasteiger partial charge in [0.1, 0.15) is 0 Å². The first-order chi connectivity index (χ1) is 14.1. The van der Waals surface area contributed by atoms with Crippen LogP contribution in [0.5, 0.6) is 0 Å². The Morgan fingerprint density at radius 2 is 1.70 bits per heavy atom. The molecule has 8 heteroatoms. The third-order valence-corrected chi connectivity index (χ3v) is 4.93. The number of rotatable bonds is 4. The average Bonchev–Trinajstić information content (AvgIpc) is 2.67. The van der Waals surface area contributed by atoms with E-state index < -0.39 is 29.7 Å². The number of anilines is 1. The van der Waals surface area contributed by atoms with Gasteiger partial charge in [-0.3, -0.25) is 4.79 Å². The highest BCUT2D eigenvalue weighted by molar-refractivity contribution is 6.07. The zero-order chi connectivity index (χ0) is 22.1. The van der Waals surface area contributed by atoms with Crippen LogP contribution < -0.4 is 16.0 Å². The van der Waals surface area contributed by atoms with Crippen molar-refractivity contribution < 1.29 is 22.8 Å². The fourth-order valence-electron chi connectivity index (χ4n) is 3.35. The van der Waals surface area contributed by atoms with E-state index in [0.717, 1.165) is 11.6 Å². The quantitative estimate of drug-likeness (QED) is 0.648. The highest BCUT2D eigenvalue weighted by atomic mass is 19.4. The summed E-state index contributed by atoms with van der Waals surface area (Å²) in [4.78, 5) is 25.0. The van der Waals surface area contributed by atoms with Crippen LogP contribution in [0.25, 0.3) is 0 Å². The molecule has 0 saturated heterocycles. The van der Waals surface area contributed by atoms with Crippen molar-refractivity contribution in [1.82, 2.24) is 10.6 Å². The van der Waals surface area contributed by atoms with E-state index in [4.69, 9.17) is 0 Å². The molecule has 3 rings (SSSR count). The van der Waals surface area contributed by atoms with E-state index in [9.17, 15) is 22.8 Å². The lowest BCUT2D eigenvalue weighted by molar-refractivity contribution is -0.137. The van der Waals surface area contributed by atoms with Crippen LogP contribution in [-0.2, 0) is 11.0 Å². The van der Waals surface area contributed by atoms with Crippen LogP contribution in [0.2, 0.25) is 0 Å². The van der Waals surface area contributed by atoms with Gasteiger partial charge in [0.15, 0.2) is 0 Å². The normalized spacial score (nSPS) is 16.9. The molecule has 2 aromatic carbocycles. The number of benzene rings is 2. The third-order valence-electron chi connectivity index (χ3n) is 4.93. The van der Waals surface area contributed by atoms with Crippen molar-refractivity contribution in [3.8, 4) is 0 Å². The van der Waals surface area contributed by atoms with Crippen molar-refractivity contribution in [1.29, 1.82) is 0 Å². The fraction of sp³-hybridized carbons (Fsp3) is 0.273. The first-order valence-electron chi connectivity index (χ1n) is 9.43. The molecule has 0 radical (unpaired) electrons. The van der Waals surface area contributed by atoms with Crippen LogP contribution in [0.15, 0.2) is 59.8 Å². The molecule has 0 fully saturated rings. The molecule has 1 aliphatic heterocycles. The molecule has 158 valence electrons. The molecule has 1 unspecified atom stereocenters. The largest absolute Gasteiger partial charge is 0.418 e. The van der Waals surface area contributed by atoms with Crippen molar-refractivity contribution in [3.63, 3.8) is 0 Å². The second-order valence-corrected chi connectivity index (χ2v) is 7.39. The van der Waals surface area contributed by atoms with E-state index in [2.05, 4.69) is 16.0 Å². The van der Waals surface area contributed by atoms with Gasteiger partial charge in [0.2, 0.25) is 0 Å². The van der Waals surface area contributed by atoms with Gasteiger partial charge in [0.05, 0.1) is 22.9 Å². The van der Waals surface area contributed by atoms with Gasteiger partial charge in [-0.2, -0.15) is 13.2 Å². The number of allylic oxidation sites excluding steroid dienone is 1. The molecule has 2 aromatic rings. The number of hydrogen-bond donors (Lipinski definition) is 3. The van der Waals surface area contributed by atoms with Gasteiger partial charge in [0.25, 0.3) is 5.91 Å². The Morgan fingerprint density at radius 1 is 1.07 bits per heavy atom. The van der Waals surface area contributed by atoms with Crippen LogP contribution in [-0.4, -0.2) is 11.9 Å². The summed E-state index contributed by atoms with van der Waals surface area (Å²) in [6, 6.07) is 10.9. The Kier molecular flexibility index (Phi) is 5.87. The number of carbonyl (C=O) groups is 2. The minimum atomic E-state index is -4.61. The van der Waals surface area contributed by atoms with Crippen molar-refractivity contribution in [3.05, 3.63) is 76.5 Å². The summed E-state index contributed by atoms with van der Waals surface area (Å²) in [7, 11) is 0. The lowest BCUT2D eigenvalue weighted by Crippen LogP contribution is -2.46. The Morgan fingerprint density at radius 3 is 2.30 bits per heavy atom. The van der Waals surface area contributed by atoms with E-state index in [1.54, 1.807) is 19.1 Å². The maximum Gasteiger partial charge on any atom is 0.418 e. The van der Waals surface area contributed by atoms with Crippen molar-refractivity contribution in [2.24, 2.45) is 0 Å². The molecule has 5 nitrogen and oxygen atoms in total. The number of carbonyl (C=O) groups excluding carboxylic acids is 2. The maximum absolute atomic E-state index is 13.3. The van der Waals surface area contributed by atoms with Gasteiger partial charge in [0, 0.05) is 5.70 Å². The minimum absolute atomic E-state index is 0.142.